The lowest BCUT2D eigenvalue weighted by Crippen LogP contribution is -2.49. The zero-order valence-corrected chi connectivity index (χ0v) is 16.9. The Balaban J connectivity index is 1.36. The molecule has 0 saturated carbocycles. The summed E-state index contributed by atoms with van der Waals surface area (Å²) >= 11 is 5.94. The van der Waals surface area contributed by atoms with E-state index in [9.17, 15) is 9.59 Å². The van der Waals surface area contributed by atoms with E-state index in [0.29, 0.717) is 29.2 Å². The molecule has 1 amide bonds. The van der Waals surface area contributed by atoms with Gasteiger partial charge in [-0.1, -0.05) is 17.7 Å². The van der Waals surface area contributed by atoms with E-state index < -0.39 is 5.76 Å². The molecule has 0 aliphatic carbocycles. The van der Waals surface area contributed by atoms with Crippen LogP contribution in [0.4, 0.5) is 5.69 Å². The van der Waals surface area contributed by atoms with Crippen LogP contribution < -0.4 is 15.4 Å². The van der Waals surface area contributed by atoms with E-state index in [2.05, 4.69) is 4.90 Å². The second kappa shape index (κ2) is 8.21. The smallest absolute Gasteiger partial charge is 0.419 e. The van der Waals surface area contributed by atoms with Crippen molar-refractivity contribution in [1.29, 1.82) is 0 Å². The van der Waals surface area contributed by atoms with E-state index in [1.165, 1.54) is 4.57 Å². The SMILES string of the molecule is COc1cccc(N2CCN(C(=O)CCn3c(=O)oc4cc(Cl)ccc43)CC2)c1. The number of fused-ring (bicyclic) bond motifs is 1. The number of amides is 1. The van der Waals surface area contributed by atoms with E-state index in [1.54, 1.807) is 25.3 Å². The van der Waals surface area contributed by atoms with Crippen molar-refractivity contribution in [2.75, 3.05) is 38.2 Å². The summed E-state index contributed by atoms with van der Waals surface area (Å²) in [5.74, 6) is 0.378. The predicted octanol–water partition coefficient (Wildman–Crippen LogP) is 3.00. The largest absolute Gasteiger partial charge is 0.497 e. The molecule has 4 rings (SSSR count). The molecule has 0 radical (unpaired) electrons. The van der Waals surface area contributed by atoms with Crippen LogP contribution in [0.3, 0.4) is 0 Å². The number of methoxy groups -OCH3 is 1. The summed E-state index contributed by atoms with van der Waals surface area (Å²) in [6, 6.07) is 13.0. The van der Waals surface area contributed by atoms with Crippen LogP contribution in [0.15, 0.2) is 51.7 Å². The van der Waals surface area contributed by atoms with Crippen molar-refractivity contribution in [2.45, 2.75) is 13.0 Å². The molecule has 1 aromatic heterocycles. The van der Waals surface area contributed by atoms with Crippen LogP contribution in [-0.4, -0.2) is 48.7 Å². The zero-order chi connectivity index (χ0) is 20.4. The van der Waals surface area contributed by atoms with Gasteiger partial charge in [0.25, 0.3) is 0 Å². The summed E-state index contributed by atoms with van der Waals surface area (Å²) in [7, 11) is 1.65. The van der Waals surface area contributed by atoms with Gasteiger partial charge < -0.3 is 19.0 Å². The van der Waals surface area contributed by atoms with Crippen molar-refractivity contribution in [1.82, 2.24) is 9.47 Å². The van der Waals surface area contributed by atoms with Gasteiger partial charge >= 0.3 is 5.76 Å². The molecule has 2 aromatic carbocycles. The summed E-state index contributed by atoms with van der Waals surface area (Å²) < 4.78 is 12.0. The van der Waals surface area contributed by atoms with Crippen LogP contribution >= 0.6 is 11.6 Å². The van der Waals surface area contributed by atoms with Crippen molar-refractivity contribution in [3.63, 3.8) is 0 Å². The predicted molar refractivity (Wildman–Crippen MR) is 112 cm³/mol. The third kappa shape index (κ3) is 4.10. The number of halogens is 1. The van der Waals surface area contributed by atoms with Gasteiger partial charge in [0.15, 0.2) is 5.58 Å². The molecule has 1 aliphatic rings. The second-order valence-corrected chi connectivity index (χ2v) is 7.39. The molecule has 152 valence electrons. The maximum atomic E-state index is 12.7. The summed E-state index contributed by atoms with van der Waals surface area (Å²) in [5, 5.41) is 0.503. The van der Waals surface area contributed by atoms with Gasteiger partial charge in [-0.2, -0.15) is 0 Å². The summed E-state index contributed by atoms with van der Waals surface area (Å²) in [4.78, 5) is 28.8. The van der Waals surface area contributed by atoms with Gasteiger partial charge in [-0.25, -0.2) is 4.79 Å². The van der Waals surface area contributed by atoms with Crippen molar-refractivity contribution in [2.24, 2.45) is 0 Å². The molecular formula is C21H22ClN3O4. The minimum atomic E-state index is -0.474. The molecular weight excluding hydrogens is 394 g/mol. The van der Waals surface area contributed by atoms with E-state index in [0.717, 1.165) is 24.5 Å². The third-order valence-corrected chi connectivity index (χ3v) is 5.47. The van der Waals surface area contributed by atoms with Crippen LogP contribution in [0.1, 0.15) is 6.42 Å². The van der Waals surface area contributed by atoms with E-state index in [-0.39, 0.29) is 18.9 Å². The Morgan fingerprint density at radius 3 is 2.69 bits per heavy atom. The summed E-state index contributed by atoms with van der Waals surface area (Å²) in [6.07, 6.45) is 0.246. The number of nitrogens with zero attached hydrogens (tertiary/aromatic N) is 3. The number of aromatic nitrogens is 1. The number of hydrogen-bond acceptors (Lipinski definition) is 5. The van der Waals surface area contributed by atoms with E-state index in [4.69, 9.17) is 20.8 Å². The lowest BCUT2D eigenvalue weighted by atomic mass is 10.2. The highest BCUT2D eigenvalue weighted by atomic mass is 35.5. The topological polar surface area (TPSA) is 67.9 Å². The molecule has 2 heterocycles. The molecule has 3 aromatic rings. The highest BCUT2D eigenvalue weighted by Crippen LogP contribution is 2.22. The number of aryl methyl sites for hydroxylation is 1. The van der Waals surface area contributed by atoms with Crippen molar-refractivity contribution < 1.29 is 13.9 Å². The molecule has 1 saturated heterocycles. The van der Waals surface area contributed by atoms with Crippen LogP contribution in [0.5, 0.6) is 5.75 Å². The number of carbonyl (C=O) groups excluding carboxylic acids is 1. The fraction of sp³-hybridized carbons (Fsp3) is 0.333. The molecule has 8 heteroatoms. The standard InChI is InChI=1S/C21H22ClN3O4/c1-28-17-4-2-3-16(14-17)23-9-11-24(12-10-23)20(26)7-8-25-18-6-5-15(22)13-19(18)29-21(25)27/h2-6,13-14H,7-12H2,1H3. The van der Waals surface area contributed by atoms with Gasteiger partial charge in [0.05, 0.1) is 12.6 Å². The summed E-state index contributed by atoms with van der Waals surface area (Å²) in [5.41, 5.74) is 2.17. The summed E-state index contributed by atoms with van der Waals surface area (Å²) in [6.45, 7) is 3.08. The molecule has 1 aliphatic heterocycles. The number of piperazine rings is 1. The number of hydrogen-bond donors (Lipinski definition) is 0. The van der Waals surface area contributed by atoms with Crippen LogP contribution in [0.2, 0.25) is 5.02 Å². The maximum Gasteiger partial charge on any atom is 0.419 e. The van der Waals surface area contributed by atoms with Crippen molar-refractivity contribution in [3.8, 4) is 5.75 Å². The second-order valence-electron chi connectivity index (χ2n) is 6.95. The minimum absolute atomic E-state index is 0.0329. The monoisotopic (exact) mass is 415 g/mol. The number of oxazole rings is 1. The van der Waals surface area contributed by atoms with Crippen LogP contribution in [0.25, 0.3) is 11.1 Å². The molecule has 0 N–H and O–H groups in total. The number of rotatable bonds is 5. The molecule has 0 atom stereocenters. The number of carbonyl (C=O) groups is 1. The highest BCUT2D eigenvalue weighted by Gasteiger charge is 2.22. The van der Waals surface area contributed by atoms with Gasteiger partial charge in [0, 0.05) is 62.0 Å². The Bertz CT molecular complexity index is 1080. The van der Waals surface area contributed by atoms with E-state index in [1.807, 2.05) is 29.2 Å². The van der Waals surface area contributed by atoms with Gasteiger partial charge in [0.1, 0.15) is 5.75 Å². The highest BCUT2D eigenvalue weighted by molar-refractivity contribution is 6.31. The maximum absolute atomic E-state index is 12.7. The molecule has 7 nitrogen and oxygen atoms in total. The van der Waals surface area contributed by atoms with E-state index >= 15 is 0 Å². The quantitative estimate of drug-likeness (QED) is 0.640. The Labute approximate surface area is 173 Å². The molecule has 0 spiro atoms. The van der Waals surface area contributed by atoms with Gasteiger partial charge in [-0.3, -0.25) is 9.36 Å². The van der Waals surface area contributed by atoms with Crippen molar-refractivity contribution in [3.05, 3.63) is 58.0 Å². The molecule has 1 fully saturated rings. The molecule has 0 unspecified atom stereocenters. The Morgan fingerprint density at radius 1 is 1.14 bits per heavy atom. The first-order chi connectivity index (χ1) is 14.0. The lowest BCUT2D eigenvalue weighted by Gasteiger charge is -2.36. The average molecular weight is 416 g/mol. The van der Waals surface area contributed by atoms with Gasteiger partial charge in [0.2, 0.25) is 5.91 Å². The molecule has 29 heavy (non-hydrogen) atoms. The number of benzene rings is 2. The third-order valence-electron chi connectivity index (χ3n) is 5.23. The van der Waals surface area contributed by atoms with Gasteiger partial charge in [-0.05, 0) is 24.3 Å². The number of ether oxygens (including phenoxy) is 1. The van der Waals surface area contributed by atoms with Crippen LogP contribution in [0, 0.1) is 0 Å². The number of anilines is 1. The average Bonchev–Trinajstić information content (AvgIpc) is 3.06. The fourth-order valence-corrected chi connectivity index (χ4v) is 3.80. The fourth-order valence-electron chi connectivity index (χ4n) is 3.64. The Kier molecular flexibility index (Phi) is 5.49. The normalized spacial score (nSPS) is 14.4. The first-order valence-electron chi connectivity index (χ1n) is 9.51. The van der Waals surface area contributed by atoms with Gasteiger partial charge in [-0.15, -0.1) is 0 Å². The van der Waals surface area contributed by atoms with Crippen LogP contribution in [-0.2, 0) is 11.3 Å². The minimum Gasteiger partial charge on any atom is -0.497 e. The van der Waals surface area contributed by atoms with Crippen molar-refractivity contribution >= 4 is 34.3 Å². The Morgan fingerprint density at radius 2 is 1.93 bits per heavy atom. The zero-order valence-electron chi connectivity index (χ0n) is 16.1. The first kappa shape index (κ1) is 19.4. The molecule has 0 bridgehead atoms. The Hall–Kier alpha value is -2.93. The lowest BCUT2D eigenvalue weighted by molar-refractivity contribution is -0.131. The first-order valence-corrected chi connectivity index (χ1v) is 9.88.